The van der Waals surface area contributed by atoms with Crippen molar-refractivity contribution < 1.29 is 14.3 Å². The van der Waals surface area contributed by atoms with Gasteiger partial charge in [-0.15, -0.1) is 0 Å². The molecule has 4 heteroatoms. The smallest absolute Gasteiger partial charge is 0.323 e. The first-order chi connectivity index (χ1) is 6.11. The molecule has 0 aliphatic rings. The van der Waals surface area contributed by atoms with Crippen molar-refractivity contribution in [3.63, 3.8) is 0 Å². The van der Waals surface area contributed by atoms with Crippen molar-refractivity contribution in [1.29, 1.82) is 0 Å². The lowest BCUT2D eigenvalue weighted by atomic mass is 10.3. The molecule has 0 aliphatic heterocycles. The SMILES string of the molecule is CN(CC(=O)O)c1ccccc1F. The molecule has 13 heavy (non-hydrogen) atoms. The van der Waals surface area contributed by atoms with Crippen LogP contribution in [0.15, 0.2) is 24.3 Å². The maximum atomic E-state index is 13.1. The number of hydrogen-bond donors (Lipinski definition) is 1. The van der Waals surface area contributed by atoms with E-state index in [-0.39, 0.29) is 6.54 Å². The molecule has 70 valence electrons. The van der Waals surface area contributed by atoms with Gasteiger partial charge in [0.2, 0.25) is 0 Å². The molecule has 0 saturated carbocycles. The number of halogens is 1. The van der Waals surface area contributed by atoms with Crippen molar-refractivity contribution in [1.82, 2.24) is 0 Å². The van der Waals surface area contributed by atoms with E-state index in [0.717, 1.165) is 0 Å². The van der Waals surface area contributed by atoms with Crippen LogP contribution in [0.3, 0.4) is 0 Å². The number of carboxylic acids is 1. The Morgan fingerprint density at radius 2 is 2.15 bits per heavy atom. The van der Waals surface area contributed by atoms with Gasteiger partial charge >= 0.3 is 5.97 Å². The monoisotopic (exact) mass is 183 g/mol. The Hall–Kier alpha value is -1.58. The van der Waals surface area contributed by atoms with E-state index in [1.807, 2.05) is 0 Å². The Bertz CT molecular complexity index is 314. The molecule has 0 atom stereocenters. The Morgan fingerprint density at radius 3 is 2.69 bits per heavy atom. The summed E-state index contributed by atoms with van der Waals surface area (Å²) in [6, 6.07) is 6.07. The summed E-state index contributed by atoms with van der Waals surface area (Å²) in [4.78, 5) is 11.7. The van der Waals surface area contributed by atoms with Crippen LogP contribution >= 0.6 is 0 Å². The summed E-state index contributed by atoms with van der Waals surface area (Å²) < 4.78 is 13.1. The minimum atomic E-state index is -0.981. The van der Waals surface area contributed by atoms with Gasteiger partial charge in [0.25, 0.3) is 0 Å². The third-order valence-electron chi connectivity index (χ3n) is 1.64. The van der Waals surface area contributed by atoms with Crippen LogP contribution < -0.4 is 4.90 Å². The number of nitrogens with zero attached hydrogens (tertiary/aromatic N) is 1. The van der Waals surface area contributed by atoms with Crippen LogP contribution in [-0.2, 0) is 4.79 Å². The third kappa shape index (κ3) is 2.43. The predicted molar refractivity (Wildman–Crippen MR) is 47.3 cm³/mol. The number of benzene rings is 1. The molecule has 1 rings (SSSR count). The lowest BCUT2D eigenvalue weighted by Gasteiger charge is -2.16. The molecule has 0 unspecified atom stereocenters. The van der Waals surface area contributed by atoms with Crippen molar-refractivity contribution in [2.45, 2.75) is 0 Å². The largest absolute Gasteiger partial charge is 0.480 e. The van der Waals surface area contributed by atoms with E-state index in [2.05, 4.69) is 0 Å². The minimum absolute atomic E-state index is 0.207. The van der Waals surface area contributed by atoms with Crippen LogP contribution in [0.5, 0.6) is 0 Å². The standard InChI is InChI=1S/C9H10FNO2/c1-11(6-9(12)13)8-5-3-2-4-7(8)10/h2-5H,6H2,1H3,(H,12,13). The quantitative estimate of drug-likeness (QED) is 0.768. The Balaban J connectivity index is 2.82. The van der Waals surface area contributed by atoms with Crippen molar-refractivity contribution in [2.24, 2.45) is 0 Å². The van der Waals surface area contributed by atoms with E-state index in [1.54, 1.807) is 12.1 Å². The molecule has 0 bridgehead atoms. The van der Waals surface area contributed by atoms with Gasteiger partial charge in [-0.3, -0.25) is 4.79 Å². The van der Waals surface area contributed by atoms with Gasteiger partial charge < -0.3 is 10.0 Å². The molecule has 0 spiro atoms. The summed E-state index contributed by atoms with van der Waals surface area (Å²) in [5, 5.41) is 8.47. The van der Waals surface area contributed by atoms with E-state index in [1.165, 1.54) is 24.1 Å². The molecule has 1 aromatic carbocycles. The van der Waals surface area contributed by atoms with Crippen LogP contribution in [0.25, 0.3) is 0 Å². The van der Waals surface area contributed by atoms with Crippen LogP contribution in [0.1, 0.15) is 0 Å². The summed E-state index contributed by atoms with van der Waals surface area (Å²) >= 11 is 0. The number of hydrogen-bond acceptors (Lipinski definition) is 2. The molecule has 0 aromatic heterocycles. The Labute approximate surface area is 75.4 Å². The van der Waals surface area contributed by atoms with Gasteiger partial charge in [-0.1, -0.05) is 12.1 Å². The molecular weight excluding hydrogens is 173 g/mol. The highest BCUT2D eigenvalue weighted by molar-refractivity contribution is 5.73. The van der Waals surface area contributed by atoms with Crippen molar-refractivity contribution in [3.05, 3.63) is 30.1 Å². The fourth-order valence-corrected chi connectivity index (χ4v) is 1.05. The van der Waals surface area contributed by atoms with Crippen LogP contribution in [-0.4, -0.2) is 24.7 Å². The second kappa shape index (κ2) is 3.89. The van der Waals surface area contributed by atoms with Gasteiger partial charge in [0.15, 0.2) is 0 Å². The lowest BCUT2D eigenvalue weighted by molar-refractivity contribution is -0.135. The molecule has 0 aliphatic carbocycles. The maximum absolute atomic E-state index is 13.1. The molecule has 1 N–H and O–H groups in total. The van der Waals surface area contributed by atoms with E-state index in [0.29, 0.717) is 5.69 Å². The van der Waals surface area contributed by atoms with Crippen molar-refractivity contribution >= 4 is 11.7 Å². The summed E-state index contributed by atoms with van der Waals surface area (Å²) in [6.45, 7) is -0.207. The first kappa shape index (κ1) is 9.51. The lowest BCUT2D eigenvalue weighted by Crippen LogP contribution is -2.25. The number of likely N-dealkylation sites (N-methyl/N-ethyl adjacent to an activating group) is 1. The highest BCUT2D eigenvalue weighted by Crippen LogP contribution is 2.16. The first-order valence-corrected chi connectivity index (χ1v) is 3.78. The third-order valence-corrected chi connectivity index (χ3v) is 1.64. The molecule has 1 aromatic rings. The van der Waals surface area contributed by atoms with Gasteiger partial charge in [-0.2, -0.15) is 0 Å². The molecule has 0 radical (unpaired) electrons. The average molecular weight is 183 g/mol. The van der Waals surface area contributed by atoms with Crippen molar-refractivity contribution in [2.75, 3.05) is 18.5 Å². The number of aliphatic carboxylic acids is 1. The number of para-hydroxylation sites is 1. The second-order valence-corrected chi connectivity index (χ2v) is 2.70. The summed E-state index contributed by atoms with van der Waals surface area (Å²) in [7, 11) is 1.53. The molecule has 0 fully saturated rings. The number of rotatable bonds is 3. The van der Waals surface area contributed by atoms with Crippen LogP contribution in [0.4, 0.5) is 10.1 Å². The van der Waals surface area contributed by atoms with E-state index < -0.39 is 11.8 Å². The fraction of sp³-hybridized carbons (Fsp3) is 0.222. The van der Waals surface area contributed by atoms with Gasteiger partial charge in [0.05, 0.1) is 5.69 Å². The molecule has 0 heterocycles. The van der Waals surface area contributed by atoms with Gasteiger partial charge in [-0.05, 0) is 12.1 Å². The highest BCUT2D eigenvalue weighted by Gasteiger charge is 2.08. The zero-order valence-corrected chi connectivity index (χ0v) is 7.20. The summed E-state index contributed by atoms with van der Waals surface area (Å²) in [5.74, 6) is -1.39. The Morgan fingerprint density at radius 1 is 1.54 bits per heavy atom. The van der Waals surface area contributed by atoms with Gasteiger partial charge in [0.1, 0.15) is 12.4 Å². The molecule has 0 amide bonds. The minimum Gasteiger partial charge on any atom is -0.480 e. The van der Waals surface area contributed by atoms with E-state index in [4.69, 9.17) is 5.11 Å². The van der Waals surface area contributed by atoms with Crippen LogP contribution in [0, 0.1) is 5.82 Å². The fourth-order valence-electron chi connectivity index (χ4n) is 1.05. The van der Waals surface area contributed by atoms with E-state index >= 15 is 0 Å². The first-order valence-electron chi connectivity index (χ1n) is 3.78. The predicted octanol–water partition coefficient (Wildman–Crippen LogP) is 1.35. The second-order valence-electron chi connectivity index (χ2n) is 2.70. The molecule has 3 nitrogen and oxygen atoms in total. The zero-order valence-electron chi connectivity index (χ0n) is 7.20. The van der Waals surface area contributed by atoms with Gasteiger partial charge in [-0.25, -0.2) is 4.39 Å². The maximum Gasteiger partial charge on any atom is 0.323 e. The zero-order chi connectivity index (χ0) is 9.84. The normalized spacial score (nSPS) is 9.69. The van der Waals surface area contributed by atoms with Crippen LogP contribution in [0.2, 0.25) is 0 Å². The molecule has 0 saturated heterocycles. The number of anilines is 1. The summed E-state index contributed by atoms with van der Waals surface area (Å²) in [5.41, 5.74) is 0.296. The highest BCUT2D eigenvalue weighted by atomic mass is 19.1. The number of carboxylic acid groups (broad SMARTS) is 1. The number of carbonyl (C=O) groups is 1. The average Bonchev–Trinajstić information content (AvgIpc) is 2.03. The molecular formula is C9H10FNO2. The van der Waals surface area contributed by atoms with Crippen molar-refractivity contribution in [3.8, 4) is 0 Å². The topological polar surface area (TPSA) is 40.5 Å². The van der Waals surface area contributed by atoms with Gasteiger partial charge in [0, 0.05) is 7.05 Å². The summed E-state index contributed by atoms with van der Waals surface area (Å²) in [6.07, 6.45) is 0. The van der Waals surface area contributed by atoms with E-state index in [9.17, 15) is 9.18 Å². The Kier molecular flexibility index (Phi) is 2.84.